The molecule has 38 heavy (non-hydrogen) atoms. The van der Waals surface area contributed by atoms with E-state index in [1.807, 2.05) is 18.2 Å². The molecule has 192 valence electrons. The number of phenolic OH excluding ortho intramolecular Hbond substituents is 1. The average molecular weight is 506 g/mol. The highest BCUT2D eigenvalue weighted by atomic mass is 16.3. The summed E-state index contributed by atoms with van der Waals surface area (Å²) in [5, 5.41) is 18.1. The number of anilines is 1. The Morgan fingerprint density at radius 2 is 1.71 bits per heavy atom. The number of aromatic amines is 1. The molecule has 2 heterocycles. The molecular formula is C31H31N5O2. The molecule has 0 saturated heterocycles. The van der Waals surface area contributed by atoms with Crippen LogP contribution < -0.4 is 10.6 Å². The maximum Gasteiger partial charge on any atom is 0.251 e. The summed E-state index contributed by atoms with van der Waals surface area (Å²) in [5.74, 6) is 0.634. The molecule has 3 aromatic carbocycles. The number of fused-ring (bicyclic) bond motifs is 3. The van der Waals surface area contributed by atoms with E-state index >= 15 is 0 Å². The van der Waals surface area contributed by atoms with Crippen LogP contribution in [0.2, 0.25) is 0 Å². The molecule has 5 aromatic rings. The second-order valence-corrected chi connectivity index (χ2v) is 9.86. The first kappa shape index (κ1) is 24.0. The van der Waals surface area contributed by atoms with Crippen molar-refractivity contribution in [3.8, 4) is 17.1 Å². The topological polar surface area (TPSA) is 103 Å². The number of amides is 1. The first-order valence-corrected chi connectivity index (χ1v) is 13.4. The minimum absolute atomic E-state index is 0.104. The summed E-state index contributed by atoms with van der Waals surface area (Å²) in [4.78, 5) is 25.5. The molecule has 7 nitrogen and oxygen atoms in total. The molecule has 0 spiro atoms. The predicted molar refractivity (Wildman–Crippen MR) is 152 cm³/mol. The third kappa shape index (κ3) is 4.79. The van der Waals surface area contributed by atoms with Crippen LogP contribution in [0.15, 0.2) is 66.7 Å². The van der Waals surface area contributed by atoms with E-state index < -0.39 is 0 Å². The number of aromatic hydroxyl groups is 1. The summed E-state index contributed by atoms with van der Waals surface area (Å²) in [6.07, 6.45) is 6.40. The van der Waals surface area contributed by atoms with Crippen molar-refractivity contribution in [3.63, 3.8) is 0 Å². The fourth-order valence-corrected chi connectivity index (χ4v) is 5.29. The molecule has 0 aliphatic heterocycles. The van der Waals surface area contributed by atoms with Crippen LogP contribution in [0.5, 0.6) is 5.75 Å². The Kier molecular flexibility index (Phi) is 6.65. The number of carbonyl (C=O) groups is 1. The minimum atomic E-state index is -0.104. The second kappa shape index (κ2) is 10.5. The highest BCUT2D eigenvalue weighted by Gasteiger charge is 2.18. The Morgan fingerprint density at radius 1 is 0.895 bits per heavy atom. The number of phenols is 1. The first-order chi connectivity index (χ1) is 18.7. The van der Waals surface area contributed by atoms with Crippen LogP contribution in [0.1, 0.15) is 47.3 Å². The summed E-state index contributed by atoms with van der Waals surface area (Å²) in [6.45, 7) is 1.46. The van der Waals surface area contributed by atoms with Crippen molar-refractivity contribution < 1.29 is 9.90 Å². The molecule has 2 aromatic heterocycles. The van der Waals surface area contributed by atoms with Crippen LogP contribution in [0.3, 0.4) is 0 Å². The molecule has 4 N–H and O–H groups in total. The second-order valence-electron chi connectivity index (χ2n) is 9.86. The molecule has 0 unspecified atom stereocenters. The number of aromatic nitrogens is 3. The van der Waals surface area contributed by atoms with Crippen molar-refractivity contribution in [2.75, 3.05) is 18.4 Å². The van der Waals surface area contributed by atoms with Gasteiger partial charge in [-0.1, -0.05) is 30.3 Å². The van der Waals surface area contributed by atoms with Gasteiger partial charge in [-0.15, -0.1) is 0 Å². The van der Waals surface area contributed by atoms with Crippen molar-refractivity contribution in [3.05, 3.63) is 83.6 Å². The van der Waals surface area contributed by atoms with Crippen molar-refractivity contribution in [2.45, 2.75) is 38.5 Å². The van der Waals surface area contributed by atoms with Crippen LogP contribution >= 0.6 is 0 Å². The molecule has 0 atom stereocenters. The van der Waals surface area contributed by atoms with Gasteiger partial charge in [-0.05, 0) is 80.5 Å². The average Bonchev–Trinajstić information content (AvgIpc) is 3.37. The smallest absolute Gasteiger partial charge is 0.251 e. The Labute approximate surface area is 221 Å². The van der Waals surface area contributed by atoms with Crippen molar-refractivity contribution in [1.29, 1.82) is 0 Å². The zero-order chi connectivity index (χ0) is 25.9. The molecule has 7 heteroatoms. The van der Waals surface area contributed by atoms with E-state index in [0.717, 1.165) is 48.8 Å². The number of hydrogen-bond acceptors (Lipinski definition) is 5. The lowest BCUT2D eigenvalue weighted by atomic mass is 9.92. The molecule has 0 fully saturated rings. The van der Waals surface area contributed by atoms with Gasteiger partial charge >= 0.3 is 0 Å². The van der Waals surface area contributed by atoms with Gasteiger partial charge in [0.1, 0.15) is 11.6 Å². The van der Waals surface area contributed by atoms with Gasteiger partial charge in [0.2, 0.25) is 0 Å². The lowest BCUT2D eigenvalue weighted by Crippen LogP contribution is -2.24. The number of nitrogens with zero attached hydrogens (tertiary/aromatic N) is 2. The summed E-state index contributed by atoms with van der Waals surface area (Å²) >= 11 is 0. The van der Waals surface area contributed by atoms with Gasteiger partial charge in [0.05, 0.1) is 22.1 Å². The van der Waals surface area contributed by atoms with E-state index in [4.69, 9.17) is 4.98 Å². The number of para-hydroxylation sites is 2. The normalized spacial score (nSPS) is 12.9. The number of carbonyl (C=O) groups excluding carboxylic acids is 1. The minimum Gasteiger partial charge on any atom is -0.507 e. The monoisotopic (exact) mass is 505 g/mol. The number of unbranched alkanes of at least 4 members (excludes halogenated alkanes) is 1. The molecule has 1 aliphatic rings. The fourth-order valence-electron chi connectivity index (χ4n) is 5.29. The largest absolute Gasteiger partial charge is 0.507 e. The van der Waals surface area contributed by atoms with Crippen LogP contribution in [-0.2, 0) is 12.8 Å². The quantitative estimate of drug-likeness (QED) is 0.194. The van der Waals surface area contributed by atoms with E-state index in [1.54, 1.807) is 30.3 Å². The highest BCUT2D eigenvalue weighted by molar-refractivity contribution is 5.98. The highest BCUT2D eigenvalue weighted by Crippen LogP contribution is 2.33. The molecular weight excluding hydrogens is 474 g/mol. The van der Waals surface area contributed by atoms with E-state index in [9.17, 15) is 9.90 Å². The molecule has 1 amide bonds. The number of imidazole rings is 1. The van der Waals surface area contributed by atoms with Crippen LogP contribution in [0.4, 0.5) is 5.69 Å². The van der Waals surface area contributed by atoms with Crippen molar-refractivity contribution >= 4 is 33.5 Å². The Bertz CT molecular complexity index is 1620. The van der Waals surface area contributed by atoms with Crippen LogP contribution in [0.25, 0.3) is 33.3 Å². The number of hydrogen-bond donors (Lipinski definition) is 4. The summed E-state index contributed by atoms with van der Waals surface area (Å²) in [6, 6.07) is 20.9. The van der Waals surface area contributed by atoms with E-state index in [0.29, 0.717) is 23.5 Å². The van der Waals surface area contributed by atoms with Gasteiger partial charge < -0.3 is 20.7 Å². The molecule has 6 rings (SSSR count). The molecule has 0 saturated carbocycles. The lowest BCUT2D eigenvalue weighted by molar-refractivity contribution is 0.0953. The summed E-state index contributed by atoms with van der Waals surface area (Å²) in [7, 11) is 0. The van der Waals surface area contributed by atoms with E-state index in [-0.39, 0.29) is 11.7 Å². The standard InChI is InChI=1S/C31H31N5O2/c37-28-14-6-3-11-23(28)30-35-26-16-15-20(19-27(26)36-30)31(38)33-18-8-7-17-32-29-21-9-1-4-12-24(21)34-25-13-5-2-10-22(25)29/h1,3-4,6,9,11-12,14-16,19,37H,2,5,7-8,10,13,17-18H2,(H,32,34)(H,33,38)(H,35,36). The first-order valence-electron chi connectivity index (χ1n) is 13.4. The maximum absolute atomic E-state index is 12.8. The molecule has 0 radical (unpaired) electrons. The van der Waals surface area contributed by atoms with Crippen LogP contribution in [-0.4, -0.2) is 39.1 Å². The number of rotatable bonds is 8. The van der Waals surface area contributed by atoms with Gasteiger partial charge in [-0.25, -0.2) is 4.98 Å². The predicted octanol–water partition coefficient (Wildman–Crippen LogP) is 5.98. The van der Waals surface area contributed by atoms with Crippen molar-refractivity contribution in [1.82, 2.24) is 20.3 Å². The number of benzene rings is 3. The Morgan fingerprint density at radius 3 is 2.63 bits per heavy atom. The van der Waals surface area contributed by atoms with Crippen molar-refractivity contribution in [2.24, 2.45) is 0 Å². The number of nitrogens with one attached hydrogen (secondary N) is 3. The summed E-state index contributed by atoms with van der Waals surface area (Å²) in [5.41, 5.74) is 7.64. The van der Waals surface area contributed by atoms with Gasteiger partial charge in [0.25, 0.3) is 5.91 Å². The third-order valence-electron chi connectivity index (χ3n) is 7.26. The van der Waals surface area contributed by atoms with Gasteiger partial charge in [0, 0.05) is 35.4 Å². The number of pyridine rings is 1. The van der Waals surface area contributed by atoms with E-state index in [2.05, 4.69) is 38.8 Å². The number of aryl methyl sites for hydroxylation is 1. The SMILES string of the molecule is O=C(NCCCCNc1c2c(nc3ccccc13)CCCC2)c1ccc2nc(-c3ccccc3O)[nH]c2c1. The van der Waals surface area contributed by atoms with Crippen LogP contribution in [0, 0.1) is 0 Å². The molecule has 0 bridgehead atoms. The molecule has 1 aliphatic carbocycles. The lowest BCUT2D eigenvalue weighted by Gasteiger charge is -2.21. The number of H-pyrrole nitrogens is 1. The maximum atomic E-state index is 12.8. The van der Waals surface area contributed by atoms with Gasteiger partial charge in [-0.2, -0.15) is 0 Å². The van der Waals surface area contributed by atoms with Gasteiger partial charge in [0.15, 0.2) is 0 Å². The summed E-state index contributed by atoms with van der Waals surface area (Å²) < 4.78 is 0. The Balaban J connectivity index is 1.04. The third-order valence-corrected chi connectivity index (χ3v) is 7.26. The zero-order valence-corrected chi connectivity index (χ0v) is 21.3. The Hall–Kier alpha value is -4.39. The zero-order valence-electron chi connectivity index (χ0n) is 21.3. The fraction of sp³-hybridized carbons (Fsp3) is 0.258. The van der Waals surface area contributed by atoms with E-state index in [1.165, 1.54) is 35.2 Å². The van der Waals surface area contributed by atoms with Gasteiger partial charge in [-0.3, -0.25) is 9.78 Å².